The molecule has 0 saturated heterocycles. The lowest BCUT2D eigenvalue weighted by atomic mass is 10.1. The number of hydrogen-bond acceptors (Lipinski definition) is 5. The topological polar surface area (TPSA) is 90.7 Å². The Bertz CT molecular complexity index is 458. The van der Waals surface area contributed by atoms with E-state index in [9.17, 15) is 14.9 Å². The molecule has 0 spiro atoms. The van der Waals surface area contributed by atoms with E-state index in [1.807, 2.05) is 13.8 Å². The zero-order chi connectivity index (χ0) is 15.0. The quantitative estimate of drug-likeness (QED) is 0.445. The summed E-state index contributed by atoms with van der Waals surface area (Å²) in [6.45, 7) is 4.66. The molecule has 1 N–H and O–H groups in total. The average molecular weight is 282 g/mol. The number of carbonyl (C=O) groups is 1. The van der Waals surface area contributed by atoms with Crippen LogP contribution in [0, 0.1) is 10.1 Å². The fraction of sp³-hybridized carbons (Fsp3) is 0.462. The Morgan fingerprint density at radius 1 is 1.30 bits per heavy atom. The molecule has 1 aromatic carbocycles. The zero-order valence-corrected chi connectivity index (χ0v) is 11.5. The van der Waals surface area contributed by atoms with Gasteiger partial charge in [0.2, 0.25) is 0 Å². The van der Waals surface area contributed by atoms with Gasteiger partial charge in [-0.15, -0.1) is 0 Å². The van der Waals surface area contributed by atoms with E-state index < -0.39 is 17.1 Å². The third-order valence-corrected chi connectivity index (χ3v) is 2.48. The summed E-state index contributed by atoms with van der Waals surface area (Å²) in [7, 11) is 0. The van der Waals surface area contributed by atoms with Crippen molar-refractivity contribution in [1.82, 2.24) is 5.32 Å². The second-order valence-corrected chi connectivity index (χ2v) is 3.82. The zero-order valence-electron chi connectivity index (χ0n) is 11.5. The molecule has 20 heavy (non-hydrogen) atoms. The standard InChI is InChI=1S/C13H18N2O5/c1-3-19-12(20-4-2)9-14-13(16)10-7-5-6-8-11(10)15(17)18/h5-8,12H,3-4,9H2,1-2H3,(H,14,16). The summed E-state index contributed by atoms with van der Waals surface area (Å²) in [6.07, 6.45) is -0.559. The average Bonchev–Trinajstić information content (AvgIpc) is 2.45. The van der Waals surface area contributed by atoms with Crippen LogP contribution in [0.15, 0.2) is 24.3 Å². The van der Waals surface area contributed by atoms with Crippen molar-refractivity contribution in [2.45, 2.75) is 20.1 Å². The first-order valence-corrected chi connectivity index (χ1v) is 6.34. The van der Waals surface area contributed by atoms with Crippen LogP contribution in [0.25, 0.3) is 0 Å². The molecule has 0 aliphatic carbocycles. The van der Waals surface area contributed by atoms with Crippen LogP contribution in [-0.4, -0.2) is 36.9 Å². The molecule has 0 aromatic heterocycles. The molecule has 0 heterocycles. The SMILES string of the molecule is CCOC(CNC(=O)c1ccccc1[N+](=O)[O-])OCC. The molecule has 0 aliphatic rings. The van der Waals surface area contributed by atoms with Gasteiger partial charge in [0.05, 0.1) is 11.5 Å². The largest absolute Gasteiger partial charge is 0.351 e. The summed E-state index contributed by atoms with van der Waals surface area (Å²) in [5.74, 6) is -0.526. The molecule has 7 heteroatoms. The van der Waals surface area contributed by atoms with Gasteiger partial charge in [-0.1, -0.05) is 12.1 Å². The van der Waals surface area contributed by atoms with Crippen LogP contribution in [0.5, 0.6) is 0 Å². The van der Waals surface area contributed by atoms with Crippen LogP contribution >= 0.6 is 0 Å². The Balaban J connectivity index is 2.69. The molecular formula is C13H18N2O5. The maximum Gasteiger partial charge on any atom is 0.282 e. The Hall–Kier alpha value is -1.99. The van der Waals surface area contributed by atoms with E-state index in [4.69, 9.17) is 9.47 Å². The molecule has 0 saturated carbocycles. The molecule has 1 aromatic rings. The summed E-state index contributed by atoms with van der Waals surface area (Å²) < 4.78 is 10.6. The third kappa shape index (κ3) is 4.60. The normalized spacial score (nSPS) is 10.6. The van der Waals surface area contributed by atoms with Crippen LogP contribution in [0.2, 0.25) is 0 Å². The van der Waals surface area contributed by atoms with Crippen molar-refractivity contribution in [3.05, 3.63) is 39.9 Å². The maximum absolute atomic E-state index is 12.0. The number of nitrogens with one attached hydrogen (secondary N) is 1. The van der Waals surface area contributed by atoms with E-state index in [-0.39, 0.29) is 17.8 Å². The maximum atomic E-state index is 12.0. The van der Waals surface area contributed by atoms with Crippen molar-refractivity contribution in [1.29, 1.82) is 0 Å². The first-order chi connectivity index (χ1) is 9.60. The number of nitro groups is 1. The van der Waals surface area contributed by atoms with E-state index >= 15 is 0 Å². The van der Waals surface area contributed by atoms with E-state index in [2.05, 4.69) is 5.32 Å². The molecule has 0 unspecified atom stereocenters. The lowest BCUT2D eigenvalue weighted by molar-refractivity contribution is -0.385. The van der Waals surface area contributed by atoms with Gasteiger partial charge in [0.25, 0.3) is 11.6 Å². The van der Waals surface area contributed by atoms with Crippen molar-refractivity contribution in [2.75, 3.05) is 19.8 Å². The van der Waals surface area contributed by atoms with Gasteiger partial charge in [0.15, 0.2) is 6.29 Å². The number of carbonyl (C=O) groups excluding carboxylic acids is 1. The number of rotatable bonds is 8. The summed E-state index contributed by atoms with van der Waals surface area (Å²) >= 11 is 0. The van der Waals surface area contributed by atoms with Crippen LogP contribution < -0.4 is 5.32 Å². The Labute approximate surface area is 117 Å². The Morgan fingerprint density at radius 2 is 1.90 bits per heavy atom. The number of benzene rings is 1. The lowest BCUT2D eigenvalue weighted by Gasteiger charge is -2.17. The third-order valence-electron chi connectivity index (χ3n) is 2.48. The van der Waals surface area contributed by atoms with Crippen molar-refractivity contribution in [2.24, 2.45) is 0 Å². The van der Waals surface area contributed by atoms with Gasteiger partial charge >= 0.3 is 0 Å². The smallest absolute Gasteiger partial charge is 0.282 e. The van der Waals surface area contributed by atoms with E-state index in [0.29, 0.717) is 13.2 Å². The van der Waals surface area contributed by atoms with Gasteiger partial charge < -0.3 is 14.8 Å². The number of hydrogen-bond donors (Lipinski definition) is 1. The van der Waals surface area contributed by atoms with Crippen molar-refractivity contribution >= 4 is 11.6 Å². The minimum Gasteiger partial charge on any atom is -0.351 e. The van der Waals surface area contributed by atoms with Crippen molar-refractivity contribution in [3.8, 4) is 0 Å². The van der Waals surface area contributed by atoms with Gasteiger partial charge in [-0.05, 0) is 19.9 Å². The highest BCUT2D eigenvalue weighted by Crippen LogP contribution is 2.17. The highest BCUT2D eigenvalue weighted by Gasteiger charge is 2.20. The molecule has 0 atom stereocenters. The summed E-state index contributed by atoms with van der Waals surface area (Å²) in [4.78, 5) is 22.2. The fourth-order valence-electron chi connectivity index (χ4n) is 1.63. The second-order valence-electron chi connectivity index (χ2n) is 3.82. The highest BCUT2D eigenvalue weighted by atomic mass is 16.7. The van der Waals surface area contributed by atoms with Gasteiger partial charge in [0, 0.05) is 19.3 Å². The molecular weight excluding hydrogens is 264 g/mol. The van der Waals surface area contributed by atoms with Gasteiger partial charge in [0.1, 0.15) is 5.56 Å². The molecule has 0 fully saturated rings. The summed E-state index contributed by atoms with van der Waals surface area (Å²) in [6, 6.07) is 5.78. The van der Waals surface area contributed by atoms with E-state index in [0.717, 1.165) is 0 Å². The first-order valence-electron chi connectivity index (χ1n) is 6.34. The number of amides is 1. The second kappa shape index (κ2) is 8.23. The van der Waals surface area contributed by atoms with Crippen LogP contribution in [0.4, 0.5) is 5.69 Å². The van der Waals surface area contributed by atoms with Crippen LogP contribution in [0.3, 0.4) is 0 Å². The van der Waals surface area contributed by atoms with Crippen molar-refractivity contribution < 1.29 is 19.2 Å². The fourth-order valence-corrected chi connectivity index (χ4v) is 1.63. The number of nitrogens with zero attached hydrogens (tertiary/aromatic N) is 1. The van der Waals surface area contributed by atoms with E-state index in [1.54, 1.807) is 6.07 Å². The Morgan fingerprint density at radius 3 is 2.45 bits per heavy atom. The van der Waals surface area contributed by atoms with E-state index in [1.165, 1.54) is 18.2 Å². The molecule has 1 amide bonds. The number of nitro benzene ring substituents is 1. The van der Waals surface area contributed by atoms with Gasteiger partial charge in [-0.3, -0.25) is 14.9 Å². The van der Waals surface area contributed by atoms with Crippen LogP contribution in [-0.2, 0) is 9.47 Å². The van der Waals surface area contributed by atoms with Crippen molar-refractivity contribution in [3.63, 3.8) is 0 Å². The Kier molecular flexibility index (Phi) is 6.61. The van der Waals surface area contributed by atoms with Crippen LogP contribution in [0.1, 0.15) is 24.2 Å². The summed E-state index contributed by atoms with van der Waals surface area (Å²) in [5.41, 5.74) is -0.210. The molecule has 0 aliphatic heterocycles. The molecule has 7 nitrogen and oxygen atoms in total. The van der Waals surface area contributed by atoms with Gasteiger partial charge in [-0.2, -0.15) is 0 Å². The predicted molar refractivity (Wildman–Crippen MR) is 72.5 cm³/mol. The number of ether oxygens (including phenoxy) is 2. The first kappa shape index (κ1) is 16.1. The minimum atomic E-state index is -0.586. The lowest BCUT2D eigenvalue weighted by Crippen LogP contribution is -2.35. The molecule has 0 bridgehead atoms. The minimum absolute atomic E-state index is 0.0178. The molecule has 1 rings (SSSR count). The predicted octanol–water partition coefficient (Wildman–Crippen LogP) is 1.72. The highest BCUT2D eigenvalue weighted by molar-refractivity contribution is 5.98. The summed E-state index contributed by atoms with van der Waals surface area (Å²) in [5, 5.41) is 13.4. The molecule has 110 valence electrons. The van der Waals surface area contributed by atoms with Gasteiger partial charge in [-0.25, -0.2) is 0 Å². The number of para-hydroxylation sites is 1. The molecule has 0 radical (unpaired) electrons. The monoisotopic (exact) mass is 282 g/mol.